The van der Waals surface area contributed by atoms with Gasteiger partial charge in [0.05, 0.1) is 6.04 Å². The molecule has 1 aliphatic heterocycles. The van der Waals surface area contributed by atoms with Crippen LogP contribution in [0.3, 0.4) is 0 Å². The van der Waals surface area contributed by atoms with Crippen molar-refractivity contribution < 1.29 is 4.79 Å². The van der Waals surface area contributed by atoms with Crippen LogP contribution in [0.25, 0.3) is 0 Å². The first kappa shape index (κ1) is 9.68. The van der Waals surface area contributed by atoms with Crippen molar-refractivity contribution in [1.82, 2.24) is 5.32 Å². The summed E-state index contributed by atoms with van der Waals surface area (Å²) in [7, 11) is 0. The average Bonchev–Trinajstić information content (AvgIpc) is 2.06. The number of carbonyl (C=O) groups is 1. The maximum atomic E-state index is 10.9. The molecular formula is C9H18N2O. The second kappa shape index (κ2) is 4.58. The number of Topliss-reactive ketones (excluding diaryl/α,β-unsaturated/α-hetero) is 1. The van der Waals surface area contributed by atoms with Crippen molar-refractivity contribution in [2.24, 2.45) is 11.7 Å². The van der Waals surface area contributed by atoms with Gasteiger partial charge in [-0.2, -0.15) is 0 Å². The van der Waals surface area contributed by atoms with Crippen LogP contribution in [0.5, 0.6) is 0 Å². The Bertz CT molecular complexity index is 153. The van der Waals surface area contributed by atoms with Gasteiger partial charge in [0.2, 0.25) is 0 Å². The lowest BCUT2D eigenvalue weighted by molar-refractivity contribution is -0.118. The molecule has 0 bridgehead atoms. The SMILES string of the molecule is CC(=O)[C@@H](N)CC1CCNCC1. The predicted molar refractivity (Wildman–Crippen MR) is 48.9 cm³/mol. The molecule has 0 aromatic rings. The van der Waals surface area contributed by atoms with E-state index in [0.717, 1.165) is 19.5 Å². The van der Waals surface area contributed by atoms with Crippen LogP contribution in [-0.2, 0) is 4.79 Å². The van der Waals surface area contributed by atoms with Gasteiger partial charge >= 0.3 is 0 Å². The van der Waals surface area contributed by atoms with Gasteiger partial charge in [-0.15, -0.1) is 0 Å². The molecule has 1 fully saturated rings. The van der Waals surface area contributed by atoms with Crippen LogP contribution < -0.4 is 11.1 Å². The Kier molecular flexibility index (Phi) is 3.69. The molecule has 1 aliphatic rings. The summed E-state index contributed by atoms with van der Waals surface area (Å²) in [6.07, 6.45) is 3.21. The Balaban J connectivity index is 2.24. The van der Waals surface area contributed by atoms with E-state index in [9.17, 15) is 4.79 Å². The van der Waals surface area contributed by atoms with Gasteiger partial charge in [0.15, 0.2) is 0 Å². The minimum Gasteiger partial charge on any atom is -0.322 e. The van der Waals surface area contributed by atoms with Crippen molar-refractivity contribution >= 4 is 5.78 Å². The number of hydrogen-bond donors (Lipinski definition) is 2. The van der Waals surface area contributed by atoms with Crippen LogP contribution in [0.15, 0.2) is 0 Å². The van der Waals surface area contributed by atoms with Crippen molar-refractivity contribution in [1.29, 1.82) is 0 Å². The summed E-state index contributed by atoms with van der Waals surface area (Å²) >= 11 is 0. The zero-order valence-corrected chi connectivity index (χ0v) is 7.68. The second-order valence-corrected chi connectivity index (χ2v) is 3.65. The van der Waals surface area contributed by atoms with Gasteiger partial charge in [0.25, 0.3) is 0 Å². The van der Waals surface area contributed by atoms with E-state index in [1.807, 2.05) is 0 Å². The molecule has 0 unspecified atom stereocenters. The summed E-state index contributed by atoms with van der Waals surface area (Å²) in [6.45, 7) is 3.73. The van der Waals surface area contributed by atoms with Crippen molar-refractivity contribution in [3.05, 3.63) is 0 Å². The maximum Gasteiger partial charge on any atom is 0.146 e. The fourth-order valence-electron chi connectivity index (χ4n) is 1.64. The Morgan fingerprint density at radius 2 is 2.17 bits per heavy atom. The standard InChI is InChI=1S/C9H18N2O/c1-7(12)9(10)6-8-2-4-11-5-3-8/h8-9,11H,2-6,10H2,1H3/t9-/m0/s1. The monoisotopic (exact) mass is 170 g/mol. The predicted octanol–water partition coefficient (Wildman–Crippen LogP) is 0.292. The van der Waals surface area contributed by atoms with Gasteiger partial charge in [0.1, 0.15) is 5.78 Å². The first-order valence-corrected chi connectivity index (χ1v) is 4.67. The Morgan fingerprint density at radius 3 is 2.67 bits per heavy atom. The minimum atomic E-state index is -0.229. The third-order valence-electron chi connectivity index (χ3n) is 2.57. The lowest BCUT2D eigenvalue weighted by atomic mass is 9.90. The van der Waals surface area contributed by atoms with Crippen molar-refractivity contribution in [2.45, 2.75) is 32.2 Å². The van der Waals surface area contributed by atoms with E-state index in [-0.39, 0.29) is 11.8 Å². The topological polar surface area (TPSA) is 55.1 Å². The molecule has 0 amide bonds. The van der Waals surface area contributed by atoms with Gasteiger partial charge in [-0.25, -0.2) is 0 Å². The Hall–Kier alpha value is -0.410. The summed E-state index contributed by atoms with van der Waals surface area (Å²) in [5, 5.41) is 3.29. The fraction of sp³-hybridized carbons (Fsp3) is 0.889. The molecule has 1 saturated heterocycles. The zero-order chi connectivity index (χ0) is 8.97. The normalized spacial score (nSPS) is 22.2. The molecule has 0 radical (unpaired) electrons. The molecule has 0 spiro atoms. The largest absolute Gasteiger partial charge is 0.322 e. The van der Waals surface area contributed by atoms with E-state index in [1.54, 1.807) is 6.92 Å². The third kappa shape index (κ3) is 2.91. The van der Waals surface area contributed by atoms with Gasteiger partial charge in [-0.3, -0.25) is 4.79 Å². The highest BCUT2D eigenvalue weighted by atomic mass is 16.1. The number of piperidine rings is 1. The smallest absolute Gasteiger partial charge is 0.146 e. The van der Waals surface area contributed by atoms with Gasteiger partial charge in [0, 0.05) is 0 Å². The van der Waals surface area contributed by atoms with Crippen molar-refractivity contribution in [3.63, 3.8) is 0 Å². The van der Waals surface area contributed by atoms with Crippen LogP contribution in [0.1, 0.15) is 26.2 Å². The molecule has 1 heterocycles. The Labute approximate surface area is 73.7 Å². The molecule has 0 aromatic carbocycles. The fourth-order valence-corrected chi connectivity index (χ4v) is 1.64. The summed E-state index contributed by atoms with van der Waals surface area (Å²) < 4.78 is 0. The van der Waals surface area contributed by atoms with Crippen molar-refractivity contribution in [2.75, 3.05) is 13.1 Å². The van der Waals surface area contributed by atoms with Gasteiger partial charge in [-0.1, -0.05) is 0 Å². The highest BCUT2D eigenvalue weighted by Gasteiger charge is 2.18. The number of nitrogens with two attached hydrogens (primary N) is 1. The second-order valence-electron chi connectivity index (χ2n) is 3.65. The average molecular weight is 170 g/mol. The maximum absolute atomic E-state index is 10.9. The highest BCUT2D eigenvalue weighted by Crippen LogP contribution is 2.17. The molecule has 1 atom stereocenters. The summed E-state index contributed by atoms with van der Waals surface area (Å²) in [5.74, 6) is 0.777. The van der Waals surface area contributed by atoms with E-state index in [4.69, 9.17) is 5.73 Å². The van der Waals surface area contributed by atoms with Crippen LogP contribution in [0.4, 0.5) is 0 Å². The molecule has 3 heteroatoms. The molecule has 3 nitrogen and oxygen atoms in total. The van der Waals surface area contributed by atoms with E-state index >= 15 is 0 Å². The van der Waals surface area contributed by atoms with Gasteiger partial charge < -0.3 is 11.1 Å². The van der Waals surface area contributed by atoms with Crippen LogP contribution in [0, 0.1) is 5.92 Å². The highest BCUT2D eigenvalue weighted by molar-refractivity contribution is 5.81. The quantitative estimate of drug-likeness (QED) is 0.640. The van der Waals surface area contributed by atoms with E-state index in [1.165, 1.54) is 12.8 Å². The van der Waals surface area contributed by atoms with Crippen LogP contribution in [0.2, 0.25) is 0 Å². The summed E-state index contributed by atoms with van der Waals surface area (Å²) in [4.78, 5) is 10.9. The molecular weight excluding hydrogens is 152 g/mol. The number of rotatable bonds is 3. The summed E-state index contributed by atoms with van der Waals surface area (Å²) in [5.41, 5.74) is 5.68. The number of hydrogen-bond acceptors (Lipinski definition) is 3. The minimum absolute atomic E-state index is 0.119. The lowest BCUT2D eigenvalue weighted by Gasteiger charge is -2.24. The first-order valence-electron chi connectivity index (χ1n) is 4.67. The van der Waals surface area contributed by atoms with Crippen LogP contribution >= 0.6 is 0 Å². The van der Waals surface area contributed by atoms with E-state index in [2.05, 4.69) is 5.32 Å². The molecule has 0 saturated carbocycles. The van der Waals surface area contributed by atoms with Crippen LogP contribution in [-0.4, -0.2) is 24.9 Å². The van der Waals surface area contributed by atoms with Crippen molar-refractivity contribution in [3.8, 4) is 0 Å². The number of carbonyl (C=O) groups excluding carboxylic acids is 1. The molecule has 3 N–H and O–H groups in total. The third-order valence-corrected chi connectivity index (χ3v) is 2.57. The molecule has 12 heavy (non-hydrogen) atoms. The zero-order valence-electron chi connectivity index (χ0n) is 7.68. The number of ketones is 1. The summed E-state index contributed by atoms with van der Waals surface area (Å²) in [6, 6.07) is -0.229. The van der Waals surface area contributed by atoms with E-state index < -0.39 is 0 Å². The van der Waals surface area contributed by atoms with Gasteiger partial charge in [-0.05, 0) is 45.2 Å². The lowest BCUT2D eigenvalue weighted by Crippen LogP contribution is -2.35. The molecule has 70 valence electrons. The van der Waals surface area contributed by atoms with E-state index in [0.29, 0.717) is 5.92 Å². The number of nitrogens with one attached hydrogen (secondary N) is 1. The molecule has 0 aromatic heterocycles. The Morgan fingerprint density at radius 1 is 1.58 bits per heavy atom. The first-order chi connectivity index (χ1) is 5.70. The molecule has 0 aliphatic carbocycles. The molecule has 1 rings (SSSR count).